The number of aliphatic hydroxyl groups is 1. The number of likely N-dealkylation sites (N-methyl/N-ethyl adjacent to an activating group) is 1. The molecule has 20 heavy (non-hydrogen) atoms. The molecule has 1 aromatic rings. The van der Waals surface area contributed by atoms with Crippen LogP contribution in [0.2, 0.25) is 0 Å². The highest BCUT2D eigenvalue weighted by atomic mass is 16.5. The average Bonchev–Trinajstić information content (AvgIpc) is 2.89. The second-order valence-electron chi connectivity index (χ2n) is 4.88. The fraction of sp³-hybridized carbons (Fsp3) is 0.533. The Bertz CT molecular complexity index is 476. The van der Waals surface area contributed by atoms with Crippen molar-refractivity contribution in [3.8, 4) is 5.75 Å². The van der Waals surface area contributed by atoms with Gasteiger partial charge >= 0.3 is 0 Å². The van der Waals surface area contributed by atoms with Crippen molar-refractivity contribution in [2.45, 2.75) is 13.3 Å². The minimum atomic E-state index is 0.0783. The SMILES string of the molecule is CCN(CCO)CC(=O)N1CCc2cc(OC)ccc21. The third-order valence-corrected chi connectivity index (χ3v) is 3.71. The van der Waals surface area contributed by atoms with Crippen LogP contribution in [0.5, 0.6) is 5.75 Å². The lowest BCUT2D eigenvalue weighted by Crippen LogP contribution is -2.40. The Morgan fingerprint density at radius 3 is 2.95 bits per heavy atom. The van der Waals surface area contributed by atoms with Gasteiger partial charge in [-0.1, -0.05) is 6.92 Å². The van der Waals surface area contributed by atoms with E-state index in [-0.39, 0.29) is 12.5 Å². The quantitative estimate of drug-likeness (QED) is 0.840. The smallest absolute Gasteiger partial charge is 0.241 e. The van der Waals surface area contributed by atoms with Crippen LogP contribution in [0.3, 0.4) is 0 Å². The normalized spacial score (nSPS) is 13.7. The Labute approximate surface area is 119 Å². The Morgan fingerprint density at radius 2 is 2.30 bits per heavy atom. The molecule has 5 nitrogen and oxygen atoms in total. The zero-order chi connectivity index (χ0) is 14.5. The molecule has 110 valence electrons. The van der Waals surface area contributed by atoms with E-state index in [2.05, 4.69) is 0 Å². The van der Waals surface area contributed by atoms with Crippen LogP contribution in [0.15, 0.2) is 18.2 Å². The van der Waals surface area contributed by atoms with Gasteiger partial charge in [0.05, 0.1) is 20.3 Å². The average molecular weight is 278 g/mol. The van der Waals surface area contributed by atoms with Gasteiger partial charge in [0.25, 0.3) is 0 Å². The maximum atomic E-state index is 12.4. The van der Waals surface area contributed by atoms with Gasteiger partial charge in [0.15, 0.2) is 0 Å². The molecule has 0 unspecified atom stereocenters. The fourth-order valence-corrected chi connectivity index (χ4v) is 2.53. The number of nitrogens with zero attached hydrogens (tertiary/aromatic N) is 2. The monoisotopic (exact) mass is 278 g/mol. The fourth-order valence-electron chi connectivity index (χ4n) is 2.53. The number of hydrogen-bond acceptors (Lipinski definition) is 4. The van der Waals surface area contributed by atoms with Crippen LogP contribution in [-0.2, 0) is 11.2 Å². The molecule has 5 heteroatoms. The standard InChI is InChI=1S/C15H22N2O3/c1-3-16(8-9-18)11-15(19)17-7-6-12-10-13(20-2)4-5-14(12)17/h4-5,10,18H,3,6-9,11H2,1-2H3. The van der Waals surface area contributed by atoms with Crippen LogP contribution in [0, 0.1) is 0 Å². The molecule has 0 aromatic heterocycles. The number of hydrogen-bond donors (Lipinski definition) is 1. The van der Waals surface area contributed by atoms with Gasteiger partial charge in [-0.15, -0.1) is 0 Å². The number of fused-ring (bicyclic) bond motifs is 1. The summed E-state index contributed by atoms with van der Waals surface area (Å²) in [6.45, 7) is 4.43. The highest BCUT2D eigenvalue weighted by molar-refractivity contribution is 5.96. The summed E-state index contributed by atoms with van der Waals surface area (Å²) >= 11 is 0. The van der Waals surface area contributed by atoms with Gasteiger partial charge in [0, 0.05) is 18.8 Å². The zero-order valence-corrected chi connectivity index (χ0v) is 12.1. The summed E-state index contributed by atoms with van der Waals surface area (Å²) in [6.07, 6.45) is 0.865. The van der Waals surface area contributed by atoms with Crippen molar-refractivity contribution < 1.29 is 14.6 Å². The first kappa shape index (κ1) is 14.8. The molecule has 1 amide bonds. The van der Waals surface area contributed by atoms with E-state index in [9.17, 15) is 4.79 Å². The topological polar surface area (TPSA) is 53.0 Å². The summed E-state index contributed by atoms with van der Waals surface area (Å²) < 4.78 is 5.21. The van der Waals surface area contributed by atoms with Crippen LogP contribution in [-0.4, -0.2) is 55.8 Å². The minimum absolute atomic E-state index is 0.0783. The van der Waals surface area contributed by atoms with Gasteiger partial charge < -0.3 is 14.7 Å². The Hall–Kier alpha value is -1.59. The molecule has 0 atom stereocenters. The van der Waals surface area contributed by atoms with Crippen LogP contribution >= 0.6 is 0 Å². The van der Waals surface area contributed by atoms with Crippen LogP contribution in [0.1, 0.15) is 12.5 Å². The molecule has 1 aliphatic rings. The number of rotatable bonds is 6. The Morgan fingerprint density at radius 1 is 1.50 bits per heavy atom. The summed E-state index contributed by atoms with van der Waals surface area (Å²) in [5.41, 5.74) is 2.14. The van der Waals surface area contributed by atoms with Crippen molar-refractivity contribution in [2.24, 2.45) is 0 Å². The first-order valence-electron chi connectivity index (χ1n) is 7.00. The van der Waals surface area contributed by atoms with E-state index in [0.29, 0.717) is 13.1 Å². The van der Waals surface area contributed by atoms with Gasteiger partial charge in [0.2, 0.25) is 5.91 Å². The zero-order valence-electron chi connectivity index (χ0n) is 12.1. The highest BCUT2D eigenvalue weighted by Crippen LogP contribution is 2.31. The van der Waals surface area contributed by atoms with Gasteiger partial charge in [0.1, 0.15) is 5.75 Å². The minimum Gasteiger partial charge on any atom is -0.497 e. The molecule has 1 N–H and O–H groups in total. The van der Waals surface area contributed by atoms with Crippen molar-refractivity contribution in [3.05, 3.63) is 23.8 Å². The van der Waals surface area contributed by atoms with Crippen molar-refractivity contribution in [1.82, 2.24) is 4.90 Å². The van der Waals surface area contributed by atoms with Crippen molar-refractivity contribution >= 4 is 11.6 Å². The van der Waals surface area contributed by atoms with E-state index in [1.165, 1.54) is 0 Å². The molecule has 0 saturated carbocycles. The molecule has 0 spiro atoms. The second-order valence-corrected chi connectivity index (χ2v) is 4.88. The molecule has 0 bridgehead atoms. The molecule has 1 heterocycles. The number of ether oxygens (including phenoxy) is 1. The Balaban J connectivity index is 2.07. The number of amides is 1. The van der Waals surface area contributed by atoms with Crippen LogP contribution in [0.4, 0.5) is 5.69 Å². The van der Waals surface area contributed by atoms with E-state index in [1.54, 1.807) is 7.11 Å². The van der Waals surface area contributed by atoms with E-state index in [4.69, 9.17) is 9.84 Å². The molecule has 0 radical (unpaired) electrons. The van der Waals surface area contributed by atoms with E-state index in [1.807, 2.05) is 34.9 Å². The number of carbonyl (C=O) groups is 1. The predicted octanol–water partition coefficient (Wildman–Crippen LogP) is 0.898. The lowest BCUT2D eigenvalue weighted by Gasteiger charge is -2.23. The van der Waals surface area contributed by atoms with Gasteiger partial charge in [-0.3, -0.25) is 9.69 Å². The summed E-state index contributed by atoms with van der Waals surface area (Å²) in [7, 11) is 1.65. The molecule has 0 fully saturated rings. The number of methoxy groups -OCH3 is 1. The first-order chi connectivity index (χ1) is 9.69. The lowest BCUT2D eigenvalue weighted by molar-refractivity contribution is -0.119. The number of anilines is 1. The maximum Gasteiger partial charge on any atom is 0.241 e. The maximum absolute atomic E-state index is 12.4. The largest absolute Gasteiger partial charge is 0.497 e. The molecule has 0 saturated heterocycles. The van der Waals surface area contributed by atoms with Crippen LogP contribution < -0.4 is 9.64 Å². The molecular formula is C15H22N2O3. The number of carbonyl (C=O) groups excluding carboxylic acids is 1. The molecule has 2 rings (SSSR count). The van der Waals surface area contributed by atoms with Gasteiger partial charge in [-0.05, 0) is 36.7 Å². The van der Waals surface area contributed by atoms with Crippen molar-refractivity contribution in [2.75, 3.05) is 44.8 Å². The molecular weight excluding hydrogens is 256 g/mol. The summed E-state index contributed by atoms with van der Waals surface area (Å²) in [6, 6.07) is 5.82. The highest BCUT2D eigenvalue weighted by Gasteiger charge is 2.25. The molecule has 1 aromatic carbocycles. The molecule has 1 aliphatic heterocycles. The summed E-state index contributed by atoms with van der Waals surface area (Å²) in [4.78, 5) is 16.2. The summed E-state index contributed by atoms with van der Waals surface area (Å²) in [5.74, 6) is 0.915. The lowest BCUT2D eigenvalue weighted by atomic mass is 10.1. The number of benzene rings is 1. The van der Waals surface area contributed by atoms with E-state index >= 15 is 0 Å². The van der Waals surface area contributed by atoms with Crippen molar-refractivity contribution in [3.63, 3.8) is 0 Å². The van der Waals surface area contributed by atoms with E-state index in [0.717, 1.165) is 36.5 Å². The predicted molar refractivity (Wildman–Crippen MR) is 78.3 cm³/mol. The van der Waals surface area contributed by atoms with Gasteiger partial charge in [-0.25, -0.2) is 0 Å². The third kappa shape index (κ3) is 3.11. The summed E-state index contributed by atoms with van der Waals surface area (Å²) in [5, 5.41) is 8.98. The van der Waals surface area contributed by atoms with Gasteiger partial charge in [-0.2, -0.15) is 0 Å². The number of aliphatic hydroxyl groups excluding tert-OH is 1. The van der Waals surface area contributed by atoms with Crippen LogP contribution in [0.25, 0.3) is 0 Å². The van der Waals surface area contributed by atoms with E-state index < -0.39 is 0 Å². The van der Waals surface area contributed by atoms with Crippen molar-refractivity contribution in [1.29, 1.82) is 0 Å². The second kappa shape index (κ2) is 6.72. The Kier molecular flexibility index (Phi) is 4.98. The first-order valence-corrected chi connectivity index (χ1v) is 7.00. The third-order valence-electron chi connectivity index (χ3n) is 3.71. The molecule has 0 aliphatic carbocycles.